The number of fused-ring (bicyclic) bond motifs is 1. The highest BCUT2D eigenvalue weighted by Gasteiger charge is 2.25. The normalized spacial score (nSPS) is 13.8. The standard InChI is InChI=1S/C14H10INO2S/c1-16-11-3-2-8(4-9(11)6-13(16)17)14(18)10-5-12(15)19-7-10/h2-5,7H,6H2,1H3. The molecule has 0 atom stereocenters. The van der Waals surface area contributed by atoms with Gasteiger partial charge in [-0.3, -0.25) is 9.59 Å². The van der Waals surface area contributed by atoms with Gasteiger partial charge < -0.3 is 4.90 Å². The topological polar surface area (TPSA) is 37.4 Å². The van der Waals surface area contributed by atoms with Gasteiger partial charge in [-0.05, 0) is 52.4 Å². The molecule has 3 nitrogen and oxygen atoms in total. The van der Waals surface area contributed by atoms with Crippen LogP contribution in [0.15, 0.2) is 29.6 Å². The van der Waals surface area contributed by atoms with Crippen molar-refractivity contribution < 1.29 is 9.59 Å². The van der Waals surface area contributed by atoms with Gasteiger partial charge in [0.1, 0.15) is 0 Å². The summed E-state index contributed by atoms with van der Waals surface area (Å²) in [5, 5.41) is 1.87. The predicted molar refractivity (Wildman–Crippen MR) is 84.0 cm³/mol. The molecule has 2 heterocycles. The van der Waals surface area contributed by atoms with Gasteiger partial charge in [-0.2, -0.15) is 0 Å². The van der Waals surface area contributed by atoms with Crippen molar-refractivity contribution in [3.05, 3.63) is 49.2 Å². The quantitative estimate of drug-likeness (QED) is 0.591. The molecule has 0 spiro atoms. The first-order valence-electron chi connectivity index (χ1n) is 5.74. The lowest BCUT2D eigenvalue weighted by atomic mass is 10.0. The van der Waals surface area contributed by atoms with Crippen LogP contribution < -0.4 is 4.90 Å². The number of amides is 1. The summed E-state index contributed by atoms with van der Waals surface area (Å²) in [5.41, 5.74) is 3.20. The van der Waals surface area contributed by atoms with Crippen LogP contribution in [0.5, 0.6) is 0 Å². The number of hydrogen-bond donors (Lipinski definition) is 0. The summed E-state index contributed by atoms with van der Waals surface area (Å²) in [7, 11) is 1.76. The molecule has 1 aliphatic rings. The summed E-state index contributed by atoms with van der Waals surface area (Å²) in [6, 6.07) is 7.37. The number of carbonyl (C=O) groups excluding carboxylic acids is 2. The van der Waals surface area contributed by atoms with Crippen LogP contribution in [0.4, 0.5) is 5.69 Å². The van der Waals surface area contributed by atoms with Crippen LogP contribution in [0, 0.1) is 2.88 Å². The first-order valence-corrected chi connectivity index (χ1v) is 7.70. The van der Waals surface area contributed by atoms with Gasteiger partial charge >= 0.3 is 0 Å². The molecule has 0 unspecified atom stereocenters. The Balaban J connectivity index is 1.98. The predicted octanol–water partition coefficient (Wildman–Crippen LogP) is 3.10. The molecule has 0 saturated heterocycles. The van der Waals surface area contributed by atoms with Crippen LogP contribution in [0.3, 0.4) is 0 Å². The third kappa shape index (κ3) is 2.21. The largest absolute Gasteiger partial charge is 0.315 e. The molecule has 5 heteroatoms. The van der Waals surface area contributed by atoms with E-state index >= 15 is 0 Å². The average molecular weight is 383 g/mol. The van der Waals surface area contributed by atoms with E-state index in [-0.39, 0.29) is 11.7 Å². The second-order valence-corrected chi connectivity index (χ2v) is 7.25. The number of anilines is 1. The summed E-state index contributed by atoms with van der Waals surface area (Å²) in [4.78, 5) is 25.6. The lowest BCUT2D eigenvalue weighted by Crippen LogP contribution is -2.20. The Kier molecular flexibility index (Phi) is 3.18. The lowest BCUT2D eigenvalue weighted by Gasteiger charge is -2.10. The molecule has 1 aromatic heterocycles. The van der Waals surface area contributed by atoms with Crippen molar-refractivity contribution in [1.82, 2.24) is 0 Å². The zero-order valence-corrected chi connectivity index (χ0v) is 13.1. The molecule has 0 saturated carbocycles. The second-order valence-electron chi connectivity index (χ2n) is 4.44. The van der Waals surface area contributed by atoms with Gasteiger partial charge in [-0.25, -0.2) is 0 Å². The molecule has 0 radical (unpaired) electrons. The number of halogens is 1. The second kappa shape index (κ2) is 4.72. The minimum Gasteiger partial charge on any atom is -0.315 e. The fourth-order valence-corrected chi connectivity index (χ4v) is 3.53. The van der Waals surface area contributed by atoms with E-state index in [9.17, 15) is 9.59 Å². The molecular formula is C14H10INO2S. The van der Waals surface area contributed by atoms with Crippen molar-refractivity contribution >= 4 is 51.3 Å². The Hall–Kier alpha value is -1.21. The van der Waals surface area contributed by atoms with E-state index < -0.39 is 0 Å². The molecule has 1 aliphatic heterocycles. The minimum absolute atomic E-state index is 0.0176. The summed E-state index contributed by atoms with van der Waals surface area (Å²) in [5.74, 6) is 0.0913. The third-order valence-electron chi connectivity index (χ3n) is 3.25. The molecule has 3 rings (SSSR count). The van der Waals surface area contributed by atoms with Crippen LogP contribution >= 0.6 is 33.9 Å². The molecule has 1 amide bonds. The molecule has 1 aromatic carbocycles. The number of ketones is 1. The maximum absolute atomic E-state index is 12.3. The maximum atomic E-state index is 12.3. The Bertz CT molecular complexity index is 693. The van der Waals surface area contributed by atoms with Gasteiger partial charge in [0.15, 0.2) is 5.78 Å². The fourth-order valence-electron chi connectivity index (χ4n) is 2.21. The average Bonchev–Trinajstić information content (AvgIpc) is 2.94. The highest BCUT2D eigenvalue weighted by Crippen LogP contribution is 2.29. The molecule has 0 N–H and O–H groups in total. The van der Waals surface area contributed by atoms with Gasteiger partial charge in [0.05, 0.1) is 9.30 Å². The maximum Gasteiger partial charge on any atom is 0.231 e. The van der Waals surface area contributed by atoms with E-state index in [1.54, 1.807) is 29.4 Å². The zero-order valence-electron chi connectivity index (χ0n) is 10.1. The summed E-state index contributed by atoms with van der Waals surface area (Å²) >= 11 is 3.76. The summed E-state index contributed by atoms with van der Waals surface area (Å²) < 4.78 is 1.09. The van der Waals surface area contributed by atoms with E-state index in [0.29, 0.717) is 17.5 Å². The number of carbonyl (C=O) groups is 2. The van der Waals surface area contributed by atoms with Gasteiger partial charge in [0.25, 0.3) is 0 Å². The minimum atomic E-state index is 0.0176. The number of likely N-dealkylation sites (N-methyl/N-ethyl adjacent to an activating group) is 1. The van der Waals surface area contributed by atoms with Gasteiger partial charge in [-0.15, -0.1) is 11.3 Å². The van der Waals surface area contributed by atoms with E-state index in [0.717, 1.165) is 14.1 Å². The molecule has 0 fully saturated rings. The zero-order chi connectivity index (χ0) is 13.6. The van der Waals surface area contributed by atoms with Crippen molar-refractivity contribution in [1.29, 1.82) is 0 Å². The van der Waals surface area contributed by atoms with Crippen molar-refractivity contribution in [2.75, 3.05) is 11.9 Å². The number of nitrogens with zero attached hydrogens (tertiary/aromatic N) is 1. The number of rotatable bonds is 2. The Labute approximate surface area is 128 Å². The molecule has 0 bridgehead atoms. The van der Waals surface area contributed by atoms with Gasteiger partial charge in [0.2, 0.25) is 5.91 Å². The smallest absolute Gasteiger partial charge is 0.231 e. The monoisotopic (exact) mass is 383 g/mol. The van der Waals surface area contributed by atoms with Crippen LogP contribution in [0.2, 0.25) is 0 Å². The molecule has 19 heavy (non-hydrogen) atoms. The molecule has 96 valence electrons. The van der Waals surface area contributed by atoms with Gasteiger partial charge in [0, 0.05) is 29.2 Å². The van der Waals surface area contributed by atoms with E-state index in [1.807, 2.05) is 23.6 Å². The van der Waals surface area contributed by atoms with Crippen LogP contribution in [-0.2, 0) is 11.2 Å². The number of hydrogen-bond acceptors (Lipinski definition) is 3. The molecular weight excluding hydrogens is 373 g/mol. The number of benzene rings is 1. The Morgan fingerprint density at radius 3 is 2.79 bits per heavy atom. The first-order chi connectivity index (χ1) is 9.06. The van der Waals surface area contributed by atoms with E-state index in [4.69, 9.17) is 0 Å². The van der Waals surface area contributed by atoms with Crippen molar-refractivity contribution in [2.24, 2.45) is 0 Å². The highest BCUT2D eigenvalue weighted by atomic mass is 127. The Morgan fingerprint density at radius 1 is 1.32 bits per heavy atom. The summed E-state index contributed by atoms with van der Waals surface area (Å²) in [6.07, 6.45) is 0.383. The molecule has 2 aromatic rings. The first kappa shape index (κ1) is 12.8. The van der Waals surface area contributed by atoms with E-state index in [2.05, 4.69) is 22.6 Å². The van der Waals surface area contributed by atoms with Crippen molar-refractivity contribution in [2.45, 2.75) is 6.42 Å². The lowest BCUT2D eigenvalue weighted by molar-refractivity contribution is -0.117. The SMILES string of the molecule is CN1C(=O)Cc2cc(C(=O)c3csc(I)c3)ccc21. The number of thiophene rings is 1. The van der Waals surface area contributed by atoms with Crippen molar-refractivity contribution in [3.8, 4) is 0 Å². The van der Waals surface area contributed by atoms with E-state index in [1.165, 1.54) is 0 Å². The van der Waals surface area contributed by atoms with Crippen molar-refractivity contribution in [3.63, 3.8) is 0 Å². The highest BCUT2D eigenvalue weighted by molar-refractivity contribution is 14.1. The third-order valence-corrected chi connectivity index (χ3v) is 5.04. The fraction of sp³-hybridized carbons (Fsp3) is 0.143. The van der Waals surface area contributed by atoms with Crippen LogP contribution in [-0.4, -0.2) is 18.7 Å². The van der Waals surface area contributed by atoms with Crippen LogP contribution in [0.25, 0.3) is 0 Å². The molecule has 0 aliphatic carbocycles. The van der Waals surface area contributed by atoms with Crippen LogP contribution in [0.1, 0.15) is 21.5 Å². The summed E-state index contributed by atoms with van der Waals surface area (Å²) in [6.45, 7) is 0. The Morgan fingerprint density at radius 2 is 2.11 bits per heavy atom. The van der Waals surface area contributed by atoms with Gasteiger partial charge in [-0.1, -0.05) is 0 Å².